The molecule has 25 heavy (non-hydrogen) atoms. The first-order valence-corrected chi connectivity index (χ1v) is 8.30. The summed E-state index contributed by atoms with van der Waals surface area (Å²) in [6.45, 7) is 0. The third-order valence-electron chi connectivity index (χ3n) is 5.11. The van der Waals surface area contributed by atoms with Crippen molar-refractivity contribution in [3.05, 3.63) is 94.5 Å². The van der Waals surface area contributed by atoms with Gasteiger partial charge in [0, 0.05) is 5.92 Å². The first-order chi connectivity index (χ1) is 12.2. The minimum absolute atomic E-state index is 0.249. The zero-order valence-corrected chi connectivity index (χ0v) is 13.4. The molecule has 3 nitrogen and oxygen atoms in total. The molecule has 1 aliphatic carbocycles. The van der Waals surface area contributed by atoms with Crippen LogP contribution in [0.3, 0.4) is 0 Å². The fraction of sp³-hybridized carbons (Fsp3) is 0.0909. The number of benzene rings is 3. The summed E-state index contributed by atoms with van der Waals surface area (Å²) in [7, 11) is 0. The Morgan fingerprint density at radius 3 is 1.96 bits per heavy atom. The highest BCUT2D eigenvalue weighted by Crippen LogP contribution is 2.46. The van der Waals surface area contributed by atoms with Crippen LogP contribution in [0.5, 0.6) is 0 Å². The summed E-state index contributed by atoms with van der Waals surface area (Å²) in [6.07, 6.45) is 0.781. The van der Waals surface area contributed by atoms with Crippen molar-refractivity contribution >= 4 is 11.9 Å². The number of ether oxygens (including phenoxy) is 1. The van der Waals surface area contributed by atoms with Gasteiger partial charge in [0.25, 0.3) is 0 Å². The van der Waals surface area contributed by atoms with Gasteiger partial charge >= 0.3 is 11.9 Å². The van der Waals surface area contributed by atoms with E-state index in [1.54, 1.807) is 12.1 Å². The molecule has 1 aliphatic heterocycles. The van der Waals surface area contributed by atoms with E-state index in [4.69, 9.17) is 4.74 Å². The monoisotopic (exact) mass is 326 g/mol. The molecule has 0 bridgehead atoms. The Labute approximate surface area is 144 Å². The van der Waals surface area contributed by atoms with E-state index in [0.717, 1.165) is 12.0 Å². The molecule has 3 aromatic rings. The van der Waals surface area contributed by atoms with Gasteiger partial charge < -0.3 is 4.74 Å². The molecule has 0 aromatic heterocycles. The molecular weight excluding hydrogens is 312 g/mol. The Bertz CT molecular complexity index is 1000. The summed E-state index contributed by atoms with van der Waals surface area (Å²) < 4.78 is 4.69. The average molecular weight is 326 g/mol. The Balaban J connectivity index is 1.58. The molecule has 1 heterocycles. The van der Waals surface area contributed by atoms with Crippen molar-refractivity contribution in [1.82, 2.24) is 0 Å². The van der Waals surface area contributed by atoms with E-state index in [9.17, 15) is 9.59 Å². The average Bonchev–Trinajstić information content (AvgIpc) is 3.11. The Morgan fingerprint density at radius 2 is 1.28 bits per heavy atom. The summed E-state index contributed by atoms with van der Waals surface area (Å²) >= 11 is 0. The van der Waals surface area contributed by atoms with Crippen LogP contribution in [0.2, 0.25) is 0 Å². The summed E-state index contributed by atoms with van der Waals surface area (Å²) in [5, 5.41) is 0. The van der Waals surface area contributed by atoms with Crippen molar-refractivity contribution in [3.63, 3.8) is 0 Å². The summed E-state index contributed by atoms with van der Waals surface area (Å²) in [5.41, 5.74) is 6.94. The number of carbonyl (C=O) groups excluding carboxylic acids is 2. The maximum atomic E-state index is 11.8. The lowest BCUT2D eigenvalue weighted by Crippen LogP contribution is -2.03. The van der Waals surface area contributed by atoms with Crippen molar-refractivity contribution in [2.24, 2.45) is 0 Å². The lowest BCUT2D eigenvalue weighted by atomic mass is 9.89. The Hall–Kier alpha value is -3.20. The van der Waals surface area contributed by atoms with E-state index in [0.29, 0.717) is 11.1 Å². The van der Waals surface area contributed by atoms with Gasteiger partial charge in [0.1, 0.15) is 0 Å². The lowest BCUT2D eigenvalue weighted by molar-refractivity contribution is 0.0444. The first kappa shape index (κ1) is 14.2. The van der Waals surface area contributed by atoms with E-state index in [2.05, 4.69) is 48.5 Å². The molecule has 3 heteroatoms. The molecule has 5 rings (SSSR count). The SMILES string of the molecule is O=C1OC(=O)c2cc(CC3c4ccccc4-c4ccccc43)ccc21. The molecule has 2 aliphatic rings. The molecule has 120 valence electrons. The van der Waals surface area contributed by atoms with Crippen molar-refractivity contribution in [3.8, 4) is 11.1 Å². The van der Waals surface area contributed by atoms with Crippen molar-refractivity contribution in [1.29, 1.82) is 0 Å². The third kappa shape index (κ3) is 2.06. The van der Waals surface area contributed by atoms with E-state index in [1.807, 2.05) is 6.07 Å². The normalized spacial score (nSPS) is 14.9. The van der Waals surface area contributed by atoms with Crippen molar-refractivity contribution in [2.45, 2.75) is 12.3 Å². The number of esters is 2. The molecule has 0 saturated carbocycles. The van der Waals surface area contributed by atoms with Gasteiger partial charge in [-0.1, -0.05) is 54.6 Å². The quantitative estimate of drug-likeness (QED) is 0.519. The standard InChI is InChI=1S/C22H14O3/c23-21-18-10-9-13(12-20(18)22(24)25-21)11-19-16-7-3-1-5-14(16)15-6-2-4-8-17(15)19/h1-10,12,19H,11H2. The highest BCUT2D eigenvalue weighted by Gasteiger charge is 2.31. The zero-order valence-electron chi connectivity index (χ0n) is 13.4. The summed E-state index contributed by atoms with van der Waals surface area (Å²) in [5.74, 6) is -0.851. The number of hydrogen-bond donors (Lipinski definition) is 0. The van der Waals surface area contributed by atoms with Gasteiger partial charge in [-0.3, -0.25) is 0 Å². The van der Waals surface area contributed by atoms with E-state index in [1.165, 1.54) is 22.3 Å². The van der Waals surface area contributed by atoms with Crippen LogP contribution >= 0.6 is 0 Å². The predicted molar refractivity (Wildman–Crippen MR) is 93.6 cm³/mol. The maximum Gasteiger partial charge on any atom is 0.346 e. The minimum Gasteiger partial charge on any atom is -0.386 e. The van der Waals surface area contributed by atoms with Crippen LogP contribution < -0.4 is 0 Å². The number of hydrogen-bond acceptors (Lipinski definition) is 3. The van der Waals surface area contributed by atoms with Gasteiger partial charge in [-0.05, 0) is 46.4 Å². The third-order valence-corrected chi connectivity index (χ3v) is 5.11. The van der Waals surface area contributed by atoms with Crippen LogP contribution in [0, 0.1) is 0 Å². The van der Waals surface area contributed by atoms with Gasteiger partial charge in [-0.2, -0.15) is 0 Å². The summed E-state index contributed by atoms with van der Waals surface area (Å²) in [4.78, 5) is 23.4. The van der Waals surface area contributed by atoms with Gasteiger partial charge in [-0.25, -0.2) is 9.59 Å². The molecule has 3 aromatic carbocycles. The van der Waals surface area contributed by atoms with Gasteiger partial charge in [-0.15, -0.1) is 0 Å². The second-order valence-corrected chi connectivity index (χ2v) is 6.49. The predicted octanol–water partition coefficient (Wildman–Crippen LogP) is 4.35. The smallest absolute Gasteiger partial charge is 0.346 e. The second-order valence-electron chi connectivity index (χ2n) is 6.49. The van der Waals surface area contributed by atoms with E-state index in [-0.39, 0.29) is 5.92 Å². The number of fused-ring (bicyclic) bond motifs is 4. The molecule has 0 unspecified atom stereocenters. The summed E-state index contributed by atoms with van der Waals surface area (Å²) in [6, 6.07) is 22.3. The van der Waals surface area contributed by atoms with Crippen molar-refractivity contribution in [2.75, 3.05) is 0 Å². The van der Waals surface area contributed by atoms with Crippen LogP contribution in [0.4, 0.5) is 0 Å². The molecule has 0 fully saturated rings. The van der Waals surface area contributed by atoms with E-state index >= 15 is 0 Å². The fourth-order valence-electron chi connectivity index (χ4n) is 3.97. The Morgan fingerprint density at radius 1 is 0.680 bits per heavy atom. The molecular formula is C22H14O3. The van der Waals surface area contributed by atoms with Crippen molar-refractivity contribution < 1.29 is 14.3 Å². The lowest BCUT2D eigenvalue weighted by Gasteiger charge is -2.14. The molecule has 0 saturated heterocycles. The molecule has 0 N–H and O–H groups in total. The molecule has 0 amide bonds. The molecule has 0 atom stereocenters. The molecule has 0 spiro atoms. The first-order valence-electron chi connectivity index (χ1n) is 8.30. The highest BCUT2D eigenvalue weighted by molar-refractivity contribution is 6.14. The van der Waals surface area contributed by atoms with Crippen LogP contribution in [0.15, 0.2) is 66.7 Å². The maximum absolute atomic E-state index is 11.8. The van der Waals surface area contributed by atoms with Crippen LogP contribution in [0.1, 0.15) is 43.3 Å². The number of rotatable bonds is 2. The molecule has 0 radical (unpaired) electrons. The highest BCUT2D eigenvalue weighted by atomic mass is 16.6. The largest absolute Gasteiger partial charge is 0.386 e. The topological polar surface area (TPSA) is 43.4 Å². The fourth-order valence-corrected chi connectivity index (χ4v) is 3.97. The van der Waals surface area contributed by atoms with Gasteiger partial charge in [0.2, 0.25) is 0 Å². The second kappa shape index (κ2) is 5.15. The van der Waals surface area contributed by atoms with Gasteiger partial charge in [0.05, 0.1) is 11.1 Å². The number of carbonyl (C=O) groups is 2. The van der Waals surface area contributed by atoms with E-state index < -0.39 is 11.9 Å². The van der Waals surface area contributed by atoms with Gasteiger partial charge in [0.15, 0.2) is 0 Å². The van der Waals surface area contributed by atoms with Crippen LogP contribution in [-0.4, -0.2) is 11.9 Å². The Kier molecular flexibility index (Phi) is 2.92. The van der Waals surface area contributed by atoms with Crippen LogP contribution in [0.25, 0.3) is 11.1 Å². The minimum atomic E-state index is -0.553. The zero-order chi connectivity index (χ0) is 17.0. The van der Waals surface area contributed by atoms with Crippen LogP contribution in [-0.2, 0) is 11.2 Å². The number of cyclic esters (lactones) is 2.